The van der Waals surface area contributed by atoms with Crippen LogP contribution in [0.3, 0.4) is 0 Å². The van der Waals surface area contributed by atoms with Crippen molar-refractivity contribution in [1.82, 2.24) is 4.98 Å². The quantitative estimate of drug-likeness (QED) is 0.884. The highest BCUT2D eigenvalue weighted by atomic mass is 16.5. The van der Waals surface area contributed by atoms with E-state index in [0.717, 1.165) is 24.2 Å². The van der Waals surface area contributed by atoms with Gasteiger partial charge in [0.25, 0.3) is 0 Å². The number of aryl methyl sites for hydroxylation is 1. The van der Waals surface area contributed by atoms with Gasteiger partial charge in [0.2, 0.25) is 5.88 Å². The van der Waals surface area contributed by atoms with E-state index >= 15 is 0 Å². The Morgan fingerprint density at radius 3 is 2.58 bits per heavy atom. The maximum absolute atomic E-state index is 5.85. The summed E-state index contributed by atoms with van der Waals surface area (Å²) < 4.78 is 5.74. The van der Waals surface area contributed by atoms with Gasteiger partial charge in [-0.25, -0.2) is 4.98 Å². The first-order valence-electron chi connectivity index (χ1n) is 6.67. The SMILES string of the molecule is CCCc1ccc(Oc2cc(C(C)N)ccn2)cc1. The zero-order chi connectivity index (χ0) is 13.7. The molecule has 2 N–H and O–H groups in total. The Labute approximate surface area is 114 Å². The number of ether oxygens (including phenoxy) is 1. The predicted octanol–water partition coefficient (Wildman–Crippen LogP) is 3.85. The van der Waals surface area contributed by atoms with Crippen molar-refractivity contribution in [3.63, 3.8) is 0 Å². The van der Waals surface area contributed by atoms with Gasteiger partial charge in [-0.05, 0) is 42.7 Å². The number of rotatable bonds is 5. The first-order chi connectivity index (χ1) is 9.19. The van der Waals surface area contributed by atoms with Gasteiger partial charge < -0.3 is 10.5 Å². The summed E-state index contributed by atoms with van der Waals surface area (Å²) in [5.41, 5.74) is 8.19. The minimum absolute atomic E-state index is 0.0164. The molecule has 2 rings (SSSR count). The van der Waals surface area contributed by atoms with Gasteiger partial charge in [-0.2, -0.15) is 0 Å². The highest BCUT2D eigenvalue weighted by Crippen LogP contribution is 2.22. The molecule has 100 valence electrons. The summed E-state index contributed by atoms with van der Waals surface area (Å²) in [5, 5.41) is 0. The highest BCUT2D eigenvalue weighted by molar-refractivity contribution is 5.32. The van der Waals surface area contributed by atoms with Gasteiger partial charge in [-0.3, -0.25) is 0 Å². The summed E-state index contributed by atoms with van der Waals surface area (Å²) in [7, 11) is 0. The summed E-state index contributed by atoms with van der Waals surface area (Å²) >= 11 is 0. The van der Waals surface area contributed by atoms with Crippen LogP contribution in [0, 0.1) is 0 Å². The molecule has 2 aromatic rings. The van der Waals surface area contributed by atoms with Crippen LogP contribution in [0.4, 0.5) is 0 Å². The molecular formula is C16H20N2O. The summed E-state index contributed by atoms with van der Waals surface area (Å²) in [6.07, 6.45) is 3.97. The summed E-state index contributed by atoms with van der Waals surface area (Å²) in [4.78, 5) is 4.20. The smallest absolute Gasteiger partial charge is 0.219 e. The van der Waals surface area contributed by atoms with Gasteiger partial charge in [0, 0.05) is 18.3 Å². The number of hydrogen-bond acceptors (Lipinski definition) is 3. The molecule has 0 saturated carbocycles. The molecule has 0 amide bonds. The van der Waals surface area contributed by atoms with Crippen molar-refractivity contribution in [3.05, 3.63) is 53.7 Å². The average molecular weight is 256 g/mol. The molecule has 0 aliphatic heterocycles. The number of hydrogen-bond donors (Lipinski definition) is 1. The lowest BCUT2D eigenvalue weighted by atomic mass is 10.1. The zero-order valence-electron chi connectivity index (χ0n) is 11.5. The van der Waals surface area contributed by atoms with Crippen LogP contribution in [-0.4, -0.2) is 4.98 Å². The standard InChI is InChI=1S/C16H20N2O/c1-3-4-13-5-7-15(8-6-13)19-16-11-14(12(2)17)9-10-18-16/h5-12H,3-4,17H2,1-2H3. The topological polar surface area (TPSA) is 48.1 Å². The lowest BCUT2D eigenvalue weighted by Gasteiger charge is -2.09. The predicted molar refractivity (Wildman–Crippen MR) is 77.4 cm³/mol. The number of benzene rings is 1. The van der Waals surface area contributed by atoms with Gasteiger partial charge in [0.1, 0.15) is 5.75 Å². The van der Waals surface area contributed by atoms with Crippen molar-refractivity contribution in [1.29, 1.82) is 0 Å². The first-order valence-corrected chi connectivity index (χ1v) is 6.67. The van der Waals surface area contributed by atoms with Gasteiger partial charge in [-0.15, -0.1) is 0 Å². The fourth-order valence-corrected chi connectivity index (χ4v) is 1.90. The molecule has 1 unspecified atom stereocenters. The van der Waals surface area contributed by atoms with E-state index in [2.05, 4.69) is 24.0 Å². The molecule has 0 saturated heterocycles. The van der Waals surface area contributed by atoms with E-state index in [1.165, 1.54) is 5.56 Å². The maximum atomic E-state index is 5.85. The van der Waals surface area contributed by atoms with E-state index in [9.17, 15) is 0 Å². The second-order valence-electron chi connectivity index (χ2n) is 4.71. The summed E-state index contributed by atoms with van der Waals surface area (Å²) in [5.74, 6) is 1.38. The van der Waals surface area contributed by atoms with E-state index < -0.39 is 0 Å². The third-order valence-electron chi connectivity index (χ3n) is 2.97. The average Bonchev–Trinajstić information content (AvgIpc) is 2.42. The third kappa shape index (κ3) is 3.80. The Morgan fingerprint density at radius 2 is 1.95 bits per heavy atom. The fraction of sp³-hybridized carbons (Fsp3) is 0.312. The van der Waals surface area contributed by atoms with Crippen LogP contribution in [0.1, 0.15) is 37.4 Å². The van der Waals surface area contributed by atoms with Crippen LogP contribution in [0.5, 0.6) is 11.6 Å². The van der Waals surface area contributed by atoms with Gasteiger partial charge in [0.05, 0.1) is 0 Å². The maximum Gasteiger partial charge on any atom is 0.219 e. The van der Waals surface area contributed by atoms with E-state index in [4.69, 9.17) is 10.5 Å². The van der Waals surface area contributed by atoms with Crippen LogP contribution in [0.25, 0.3) is 0 Å². The molecule has 0 spiro atoms. The Morgan fingerprint density at radius 1 is 1.21 bits per heavy atom. The highest BCUT2D eigenvalue weighted by Gasteiger charge is 2.03. The number of aromatic nitrogens is 1. The molecule has 1 atom stereocenters. The molecule has 3 heteroatoms. The van der Waals surface area contributed by atoms with Crippen LogP contribution in [0.15, 0.2) is 42.6 Å². The Kier molecular flexibility index (Phi) is 4.53. The van der Waals surface area contributed by atoms with Crippen LogP contribution in [-0.2, 0) is 6.42 Å². The van der Waals surface area contributed by atoms with Crippen molar-refractivity contribution < 1.29 is 4.74 Å². The second kappa shape index (κ2) is 6.34. The molecule has 0 fully saturated rings. The largest absolute Gasteiger partial charge is 0.439 e. The van der Waals surface area contributed by atoms with E-state index in [1.54, 1.807) is 6.20 Å². The summed E-state index contributed by atoms with van der Waals surface area (Å²) in [6, 6.07) is 11.9. The Hall–Kier alpha value is -1.87. The molecule has 1 heterocycles. The normalized spacial score (nSPS) is 12.2. The molecule has 0 aliphatic rings. The van der Waals surface area contributed by atoms with Crippen molar-refractivity contribution in [3.8, 4) is 11.6 Å². The van der Waals surface area contributed by atoms with Gasteiger partial charge >= 0.3 is 0 Å². The van der Waals surface area contributed by atoms with E-state index in [-0.39, 0.29) is 6.04 Å². The van der Waals surface area contributed by atoms with Gasteiger partial charge in [0.15, 0.2) is 0 Å². The molecular weight excluding hydrogens is 236 g/mol. The van der Waals surface area contributed by atoms with E-state index in [1.807, 2.05) is 31.2 Å². The van der Waals surface area contributed by atoms with Crippen LogP contribution >= 0.6 is 0 Å². The molecule has 0 radical (unpaired) electrons. The van der Waals surface area contributed by atoms with Gasteiger partial charge in [-0.1, -0.05) is 25.5 Å². The first kappa shape index (κ1) is 13.6. The zero-order valence-corrected chi connectivity index (χ0v) is 11.5. The molecule has 1 aromatic heterocycles. The Balaban J connectivity index is 2.10. The van der Waals surface area contributed by atoms with Crippen LogP contribution < -0.4 is 10.5 Å². The van der Waals surface area contributed by atoms with Crippen molar-refractivity contribution in [2.24, 2.45) is 5.73 Å². The van der Waals surface area contributed by atoms with Crippen LogP contribution in [0.2, 0.25) is 0 Å². The van der Waals surface area contributed by atoms with E-state index in [0.29, 0.717) is 5.88 Å². The number of nitrogens with two attached hydrogens (primary N) is 1. The fourth-order valence-electron chi connectivity index (χ4n) is 1.90. The molecule has 19 heavy (non-hydrogen) atoms. The third-order valence-corrected chi connectivity index (χ3v) is 2.97. The molecule has 3 nitrogen and oxygen atoms in total. The lowest BCUT2D eigenvalue weighted by molar-refractivity contribution is 0.461. The minimum Gasteiger partial charge on any atom is -0.439 e. The Bertz CT molecular complexity index is 521. The lowest BCUT2D eigenvalue weighted by Crippen LogP contribution is -2.05. The molecule has 0 bridgehead atoms. The van der Waals surface area contributed by atoms with Crippen molar-refractivity contribution in [2.75, 3.05) is 0 Å². The molecule has 0 aliphatic carbocycles. The minimum atomic E-state index is -0.0164. The second-order valence-corrected chi connectivity index (χ2v) is 4.71. The van der Waals surface area contributed by atoms with Crippen molar-refractivity contribution >= 4 is 0 Å². The summed E-state index contributed by atoms with van der Waals surface area (Å²) in [6.45, 7) is 4.12. The number of pyridine rings is 1. The molecule has 1 aromatic carbocycles. The van der Waals surface area contributed by atoms with Crippen molar-refractivity contribution in [2.45, 2.75) is 32.7 Å². The number of nitrogens with zero attached hydrogens (tertiary/aromatic N) is 1. The monoisotopic (exact) mass is 256 g/mol.